The number of amides is 1. The van der Waals surface area contributed by atoms with E-state index < -0.39 is 16.9 Å². The molecule has 24 heavy (non-hydrogen) atoms. The normalized spacial score (nSPS) is 12.0. The van der Waals surface area contributed by atoms with E-state index in [9.17, 15) is 14.7 Å². The summed E-state index contributed by atoms with van der Waals surface area (Å²) in [5.41, 5.74) is -0.929. The number of nitrogens with zero attached hydrogens (tertiary/aromatic N) is 2. The Morgan fingerprint density at radius 2 is 1.83 bits per heavy atom. The molecule has 1 amide bonds. The molecule has 0 atom stereocenters. The number of carboxylic acids is 1. The Hall–Kier alpha value is -2.34. The van der Waals surface area contributed by atoms with Gasteiger partial charge in [0.1, 0.15) is 0 Å². The lowest BCUT2D eigenvalue weighted by atomic mass is 9.83. The molecule has 0 spiro atoms. The van der Waals surface area contributed by atoms with E-state index in [4.69, 9.17) is 11.6 Å². The molecule has 1 aromatic heterocycles. The van der Waals surface area contributed by atoms with Crippen LogP contribution in [0.5, 0.6) is 0 Å². The van der Waals surface area contributed by atoms with Crippen LogP contribution in [0.25, 0.3) is 0 Å². The predicted molar refractivity (Wildman–Crippen MR) is 92.3 cm³/mol. The number of hydrogen-bond acceptors (Lipinski definition) is 3. The maximum Gasteiger partial charge on any atom is 0.331 e. The van der Waals surface area contributed by atoms with Gasteiger partial charge in [-0.3, -0.25) is 9.48 Å². The van der Waals surface area contributed by atoms with E-state index in [1.165, 1.54) is 30.9 Å². The highest BCUT2D eigenvalue weighted by Gasteiger charge is 2.33. The summed E-state index contributed by atoms with van der Waals surface area (Å²) < 4.78 is 1.30. The highest BCUT2D eigenvalue weighted by Crippen LogP contribution is 2.31. The molecule has 1 heterocycles. The van der Waals surface area contributed by atoms with Gasteiger partial charge < -0.3 is 10.4 Å². The maximum atomic E-state index is 12.7. The molecule has 0 fully saturated rings. The van der Waals surface area contributed by atoms with Crippen molar-refractivity contribution in [2.24, 2.45) is 0 Å². The van der Waals surface area contributed by atoms with Crippen LogP contribution < -0.4 is 5.32 Å². The van der Waals surface area contributed by atoms with Crippen LogP contribution in [0.4, 0.5) is 5.69 Å². The van der Waals surface area contributed by atoms with Crippen LogP contribution in [0.3, 0.4) is 0 Å². The SMILES string of the molecule is CC(C)(C(=O)Nc1cnn(C(C)(C)C(=O)O)c1)c1ccccc1Cl. The topological polar surface area (TPSA) is 84.2 Å². The molecule has 6 nitrogen and oxygen atoms in total. The van der Waals surface area contributed by atoms with Gasteiger partial charge in [-0.25, -0.2) is 4.79 Å². The number of nitrogens with one attached hydrogen (secondary N) is 1. The van der Waals surface area contributed by atoms with Crippen molar-refractivity contribution in [2.75, 3.05) is 5.32 Å². The first-order valence-corrected chi connectivity index (χ1v) is 7.79. The highest BCUT2D eigenvalue weighted by atomic mass is 35.5. The second-order valence-electron chi connectivity index (χ2n) is 6.60. The molecule has 0 aliphatic heterocycles. The number of halogens is 1. The number of anilines is 1. The quantitative estimate of drug-likeness (QED) is 0.867. The summed E-state index contributed by atoms with van der Waals surface area (Å²) in [5.74, 6) is -1.27. The van der Waals surface area contributed by atoms with Crippen molar-refractivity contribution in [1.82, 2.24) is 9.78 Å². The lowest BCUT2D eigenvalue weighted by Crippen LogP contribution is -2.36. The van der Waals surface area contributed by atoms with Crippen molar-refractivity contribution in [3.8, 4) is 0 Å². The van der Waals surface area contributed by atoms with Gasteiger partial charge in [0.25, 0.3) is 0 Å². The first-order chi connectivity index (χ1) is 11.1. The molecule has 2 N–H and O–H groups in total. The van der Waals surface area contributed by atoms with Crippen molar-refractivity contribution in [1.29, 1.82) is 0 Å². The molecular weight excluding hydrogens is 330 g/mol. The van der Waals surface area contributed by atoms with E-state index in [2.05, 4.69) is 10.4 Å². The molecule has 0 saturated carbocycles. The average Bonchev–Trinajstić information content (AvgIpc) is 2.96. The fourth-order valence-corrected chi connectivity index (χ4v) is 2.54. The van der Waals surface area contributed by atoms with Gasteiger partial charge in [-0.2, -0.15) is 5.10 Å². The maximum absolute atomic E-state index is 12.7. The summed E-state index contributed by atoms with van der Waals surface area (Å²) in [6.45, 7) is 6.60. The third-order valence-corrected chi connectivity index (χ3v) is 4.38. The number of aromatic nitrogens is 2. The van der Waals surface area contributed by atoms with Crippen molar-refractivity contribution < 1.29 is 14.7 Å². The smallest absolute Gasteiger partial charge is 0.331 e. The predicted octanol–water partition coefficient (Wildman–Crippen LogP) is 3.27. The molecule has 0 aliphatic rings. The fourth-order valence-electron chi connectivity index (χ4n) is 2.17. The summed E-state index contributed by atoms with van der Waals surface area (Å²) in [6.07, 6.45) is 2.92. The van der Waals surface area contributed by atoms with Crippen LogP contribution in [0.1, 0.15) is 33.3 Å². The minimum Gasteiger partial charge on any atom is -0.479 e. The number of carbonyl (C=O) groups excluding carboxylic acids is 1. The fraction of sp³-hybridized carbons (Fsp3) is 0.353. The number of carboxylic acid groups (broad SMARTS) is 1. The summed E-state index contributed by atoms with van der Waals surface area (Å²) >= 11 is 6.19. The monoisotopic (exact) mass is 349 g/mol. The van der Waals surface area contributed by atoms with E-state index in [0.29, 0.717) is 16.3 Å². The van der Waals surface area contributed by atoms with Crippen LogP contribution in [0, 0.1) is 0 Å². The molecular formula is C17H20ClN3O3. The summed E-state index contributed by atoms with van der Waals surface area (Å²) in [7, 11) is 0. The summed E-state index contributed by atoms with van der Waals surface area (Å²) in [5, 5.41) is 16.5. The van der Waals surface area contributed by atoms with Crippen molar-refractivity contribution >= 4 is 29.2 Å². The van der Waals surface area contributed by atoms with E-state index in [1.54, 1.807) is 32.0 Å². The van der Waals surface area contributed by atoms with Crippen molar-refractivity contribution in [3.63, 3.8) is 0 Å². The number of aliphatic carboxylic acids is 1. The minimum atomic E-state index is -1.21. The third kappa shape index (κ3) is 3.28. The molecule has 0 aliphatic carbocycles. The van der Waals surface area contributed by atoms with Crippen molar-refractivity contribution in [2.45, 2.75) is 38.6 Å². The van der Waals surface area contributed by atoms with E-state index in [0.717, 1.165) is 0 Å². The summed E-state index contributed by atoms with van der Waals surface area (Å²) in [6, 6.07) is 7.17. The Bertz CT molecular complexity index is 781. The zero-order valence-electron chi connectivity index (χ0n) is 14.0. The molecule has 1 aromatic carbocycles. The molecule has 0 unspecified atom stereocenters. The number of rotatable bonds is 5. The molecule has 7 heteroatoms. The average molecular weight is 350 g/mol. The second kappa shape index (κ2) is 6.28. The van der Waals surface area contributed by atoms with Crippen LogP contribution in [0.15, 0.2) is 36.7 Å². The molecule has 0 saturated heterocycles. The Labute approximate surface area is 145 Å². The number of hydrogen-bond donors (Lipinski definition) is 2. The Kier molecular flexibility index (Phi) is 4.71. The molecule has 128 valence electrons. The number of carbonyl (C=O) groups is 2. The second-order valence-corrected chi connectivity index (χ2v) is 7.00. The molecule has 2 rings (SSSR count). The minimum absolute atomic E-state index is 0.261. The van der Waals surface area contributed by atoms with Gasteiger partial charge in [0.05, 0.1) is 17.3 Å². The zero-order valence-corrected chi connectivity index (χ0v) is 14.8. The summed E-state index contributed by atoms with van der Waals surface area (Å²) in [4.78, 5) is 23.9. The van der Waals surface area contributed by atoms with Gasteiger partial charge in [0, 0.05) is 11.2 Å². The Morgan fingerprint density at radius 3 is 2.42 bits per heavy atom. The first kappa shape index (κ1) is 18.0. The molecule has 2 aromatic rings. The Morgan fingerprint density at radius 1 is 1.21 bits per heavy atom. The van der Waals surface area contributed by atoms with Gasteiger partial charge in [-0.05, 0) is 39.3 Å². The first-order valence-electron chi connectivity index (χ1n) is 7.42. The van der Waals surface area contributed by atoms with Crippen LogP contribution in [0.2, 0.25) is 5.02 Å². The Balaban J connectivity index is 2.23. The number of benzene rings is 1. The van der Waals surface area contributed by atoms with E-state index >= 15 is 0 Å². The van der Waals surface area contributed by atoms with Gasteiger partial charge in [0.15, 0.2) is 5.54 Å². The standard InChI is InChI=1S/C17H20ClN3O3/c1-16(2,12-7-5-6-8-13(12)18)14(22)20-11-9-19-21(10-11)17(3,4)15(23)24/h5-10H,1-4H3,(H,20,22)(H,23,24). The van der Waals surface area contributed by atoms with Gasteiger partial charge in [0.2, 0.25) is 5.91 Å². The largest absolute Gasteiger partial charge is 0.479 e. The lowest BCUT2D eigenvalue weighted by Gasteiger charge is -2.25. The van der Waals surface area contributed by atoms with E-state index in [-0.39, 0.29) is 5.91 Å². The zero-order chi connectivity index (χ0) is 18.1. The van der Waals surface area contributed by atoms with Gasteiger partial charge in [-0.1, -0.05) is 29.8 Å². The molecule has 0 radical (unpaired) electrons. The van der Waals surface area contributed by atoms with Gasteiger partial charge in [-0.15, -0.1) is 0 Å². The van der Waals surface area contributed by atoms with Crippen LogP contribution >= 0.6 is 11.6 Å². The third-order valence-electron chi connectivity index (χ3n) is 4.05. The van der Waals surface area contributed by atoms with Crippen LogP contribution in [-0.2, 0) is 20.5 Å². The van der Waals surface area contributed by atoms with Crippen molar-refractivity contribution in [3.05, 3.63) is 47.2 Å². The van der Waals surface area contributed by atoms with E-state index in [1.807, 2.05) is 6.07 Å². The highest BCUT2D eigenvalue weighted by molar-refractivity contribution is 6.31. The molecule has 0 bridgehead atoms. The van der Waals surface area contributed by atoms with Crippen LogP contribution in [-0.4, -0.2) is 26.8 Å². The van der Waals surface area contributed by atoms with Gasteiger partial charge >= 0.3 is 5.97 Å². The lowest BCUT2D eigenvalue weighted by molar-refractivity contribution is -0.146.